The molecule has 6 nitrogen and oxygen atoms in total. The van der Waals surface area contributed by atoms with Gasteiger partial charge in [0, 0.05) is 12.3 Å². The van der Waals surface area contributed by atoms with E-state index in [0.717, 1.165) is 12.1 Å². The van der Waals surface area contributed by atoms with Crippen LogP contribution in [0.2, 0.25) is 0 Å². The van der Waals surface area contributed by atoms with Crippen molar-refractivity contribution in [1.82, 2.24) is 4.57 Å². The number of benzene rings is 1. The molecule has 0 saturated carbocycles. The van der Waals surface area contributed by atoms with E-state index in [1.54, 1.807) is 0 Å². The van der Waals surface area contributed by atoms with Gasteiger partial charge in [0.05, 0.1) is 16.6 Å². The molecule has 2 rings (SSSR count). The summed E-state index contributed by atoms with van der Waals surface area (Å²) in [7, 11) is -4.33. The highest BCUT2D eigenvalue weighted by Crippen LogP contribution is 2.29. The third-order valence-corrected chi connectivity index (χ3v) is 3.24. The Balaban J connectivity index is 2.81. The largest absolute Gasteiger partial charge is 0.506 e. The molecule has 0 bridgehead atoms. The maximum Gasteiger partial charge on any atom is 0.294 e. The summed E-state index contributed by atoms with van der Waals surface area (Å²) in [5, 5.41) is 9.77. The van der Waals surface area contributed by atoms with Crippen LogP contribution in [0, 0.1) is 0 Å². The molecule has 2 N–H and O–H groups in total. The van der Waals surface area contributed by atoms with Crippen LogP contribution < -0.4 is 0 Å². The van der Waals surface area contributed by atoms with E-state index in [1.165, 1.54) is 23.8 Å². The summed E-state index contributed by atoms with van der Waals surface area (Å²) in [5.41, 5.74) is 0.377. The molecular formula is C10H9NO5S. The number of hydrogen-bond acceptors (Lipinski definition) is 4. The quantitative estimate of drug-likeness (QED) is 0.747. The fourth-order valence-corrected chi connectivity index (χ4v) is 2.12. The lowest BCUT2D eigenvalue weighted by Gasteiger charge is -2.00. The van der Waals surface area contributed by atoms with Crippen molar-refractivity contribution in [2.24, 2.45) is 0 Å². The minimum Gasteiger partial charge on any atom is -0.506 e. The molecule has 0 saturated heterocycles. The SMILES string of the molecule is CC(=O)n1cc(O)c2cc(S(=O)(=O)O)ccc21. The van der Waals surface area contributed by atoms with Crippen molar-refractivity contribution in [2.75, 3.05) is 0 Å². The van der Waals surface area contributed by atoms with Crippen LogP contribution in [0.3, 0.4) is 0 Å². The smallest absolute Gasteiger partial charge is 0.294 e. The minimum atomic E-state index is -4.33. The monoisotopic (exact) mass is 255 g/mol. The van der Waals surface area contributed by atoms with Gasteiger partial charge in [0.1, 0.15) is 5.75 Å². The van der Waals surface area contributed by atoms with Crippen LogP contribution in [0.15, 0.2) is 29.3 Å². The number of rotatable bonds is 1. The molecule has 1 aromatic carbocycles. The normalized spacial score (nSPS) is 11.9. The number of aromatic hydroxyl groups is 1. The molecule has 1 aromatic heterocycles. The Morgan fingerprint density at radius 2 is 2.00 bits per heavy atom. The van der Waals surface area contributed by atoms with Gasteiger partial charge in [-0.1, -0.05) is 0 Å². The van der Waals surface area contributed by atoms with Crippen molar-refractivity contribution >= 4 is 26.9 Å². The highest BCUT2D eigenvalue weighted by Gasteiger charge is 2.15. The van der Waals surface area contributed by atoms with Gasteiger partial charge in [0.15, 0.2) is 0 Å². The summed E-state index contributed by atoms with van der Waals surface area (Å²) in [6, 6.07) is 3.62. The van der Waals surface area contributed by atoms with Crippen molar-refractivity contribution in [3.8, 4) is 5.75 Å². The Morgan fingerprint density at radius 3 is 2.53 bits per heavy atom. The Labute approximate surface area is 96.8 Å². The molecule has 0 fully saturated rings. The summed E-state index contributed by atoms with van der Waals surface area (Å²) in [4.78, 5) is 10.9. The number of fused-ring (bicyclic) bond motifs is 1. The fraction of sp³-hybridized carbons (Fsp3) is 0.100. The van der Waals surface area contributed by atoms with Crippen molar-refractivity contribution in [1.29, 1.82) is 0 Å². The Kier molecular flexibility index (Phi) is 2.44. The van der Waals surface area contributed by atoms with E-state index in [1.807, 2.05) is 0 Å². The van der Waals surface area contributed by atoms with Crippen molar-refractivity contribution < 1.29 is 22.9 Å². The summed E-state index contributed by atoms with van der Waals surface area (Å²) in [5.74, 6) is -0.532. The fourth-order valence-electron chi connectivity index (χ4n) is 1.61. The Bertz CT molecular complexity index is 714. The summed E-state index contributed by atoms with van der Waals surface area (Å²) in [6.45, 7) is 1.32. The van der Waals surface area contributed by atoms with Crippen LogP contribution in [0.25, 0.3) is 10.9 Å². The molecule has 0 atom stereocenters. The van der Waals surface area contributed by atoms with Crippen LogP contribution in [-0.4, -0.2) is 28.6 Å². The number of carbonyl (C=O) groups is 1. The topological polar surface area (TPSA) is 96.6 Å². The summed E-state index contributed by atoms with van der Waals surface area (Å²) < 4.78 is 31.9. The van der Waals surface area contributed by atoms with Crippen molar-refractivity contribution in [3.63, 3.8) is 0 Å². The van der Waals surface area contributed by atoms with E-state index in [2.05, 4.69) is 0 Å². The van der Waals surface area contributed by atoms with Crippen LogP contribution in [0.4, 0.5) is 0 Å². The molecule has 17 heavy (non-hydrogen) atoms. The van der Waals surface area contributed by atoms with E-state index in [4.69, 9.17) is 4.55 Å². The van der Waals surface area contributed by atoms with Gasteiger partial charge in [-0.2, -0.15) is 8.42 Å². The standard InChI is InChI=1S/C10H9NO5S/c1-6(12)11-5-10(13)8-4-7(17(14,15)16)2-3-9(8)11/h2-5,13H,1H3,(H,14,15,16). The molecule has 7 heteroatoms. The van der Waals surface area contributed by atoms with Gasteiger partial charge in [-0.05, 0) is 18.2 Å². The summed E-state index contributed by atoms with van der Waals surface area (Å²) >= 11 is 0. The van der Waals surface area contributed by atoms with E-state index in [0.29, 0.717) is 5.52 Å². The predicted molar refractivity (Wildman–Crippen MR) is 59.7 cm³/mol. The van der Waals surface area contributed by atoms with Gasteiger partial charge in [-0.15, -0.1) is 0 Å². The molecule has 0 radical (unpaired) electrons. The molecule has 90 valence electrons. The maximum absolute atomic E-state index is 11.2. The van der Waals surface area contributed by atoms with Crippen LogP contribution in [0.5, 0.6) is 5.75 Å². The first-order valence-electron chi connectivity index (χ1n) is 4.63. The van der Waals surface area contributed by atoms with E-state index < -0.39 is 10.1 Å². The second kappa shape index (κ2) is 3.57. The van der Waals surface area contributed by atoms with Crippen LogP contribution in [-0.2, 0) is 10.1 Å². The number of hydrogen-bond donors (Lipinski definition) is 2. The third-order valence-electron chi connectivity index (χ3n) is 2.39. The summed E-state index contributed by atoms with van der Waals surface area (Å²) in [6.07, 6.45) is 1.20. The van der Waals surface area contributed by atoms with Crippen LogP contribution >= 0.6 is 0 Å². The number of aromatic nitrogens is 1. The van der Waals surface area contributed by atoms with E-state index in [-0.39, 0.29) is 21.9 Å². The lowest BCUT2D eigenvalue weighted by Crippen LogP contribution is -2.03. The zero-order valence-corrected chi connectivity index (χ0v) is 9.60. The van der Waals surface area contributed by atoms with Crippen LogP contribution in [0.1, 0.15) is 11.7 Å². The van der Waals surface area contributed by atoms with E-state index >= 15 is 0 Å². The zero-order valence-electron chi connectivity index (χ0n) is 8.78. The first kappa shape index (κ1) is 11.6. The second-order valence-corrected chi connectivity index (χ2v) is 4.98. The maximum atomic E-state index is 11.2. The Hall–Kier alpha value is -1.86. The molecule has 0 spiro atoms. The van der Waals surface area contributed by atoms with Gasteiger partial charge >= 0.3 is 0 Å². The number of carbonyl (C=O) groups excluding carboxylic acids is 1. The van der Waals surface area contributed by atoms with Gasteiger partial charge in [-0.25, -0.2) is 0 Å². The molecule has 0 unspecified atom stereocenters. The van der Waals surface area contributed by atoms with Gasteiger partial charge < -0.3 is 5.11 Å². The van der Waals surface area contributed by atoms with E-state index in [9.17, 15) is 18.3 Å². The highest BCUT2D eigenvalue weighted by molar-refractivity contribution is 7.85. The zero-order chi connectivity index (χ0) is 12.8. The average molecular weight is 255 g/mol. The van der Waals surface area contributed by atoms with Gasteiger partial charge in [0.2, 0.25) is 5.91 Å². The first-order valence-corrected chi connectivity index (χ1v) is 6.07. The van der Waals surface area contributed by atoms with Gasteiger partial charge in [-0.3, -0.25) is 13.9 Å². The first-order chi connectivity index (χ1) is 7.80. The lowest BCUT2D eigenvalue weighted by molar-refractivity contribution is 0.0941. The molecule has 0 aliphatic rings. The number of nitrogens with zero attached hydrogens (tertiary/aromatic N) is 1. The van der Waals surface area contributed by atoms with Gasteiger partial charge in [0.25, 0.3) is 10.1 Å². The molecule has 0 aliphatic carbocycles. The predicted octanol–water partition coefficient (Wildman–Crippen LogP) is 1.25. The lowest BCUT2D eigenvalue weighted by atomic mass is 10.2. The minimum absolute atomic E-state index is 0.190. The van der Waals surface area contributed by atoms with Crippen molar-refractivity contribution in [2.45, 2.75) is 11.8 Å². The highest BCUT2D eigenvalue weighted by atomic mass is 32.2. The Morgan fingerprint density at radius 1 is 1.35 bits per heavy atom. The average Bonchev–Trinajstić information content (AvgIpc) is 2.55. The third kappa shape index (κ3) is 1.90. The second-order valence-electron chi connectivity index (χ2n) is 3.56. The van der Waals surface area contributed by atoms with Crippen molar-refractivity contribution in [3.05, 3.63) is 24.4 Å². The molecular weight excluding hydrogens is 246 g/mol. The molecule has 0 aliphatic heterocycles. The molecule has 2 aromatic rings. The molecule has 1 heterocycles. The molecule has 0 amide bonds.